The first-order valence-electron chi connectivity index (χ1n) is 5.62. The Morgan fingerprint density at radius 3 is 2.53 bits per heavy atom. The van der Waals surface area contributed by atoms with Gasteiger partial charge in [0.05, 0.1) is 0 Å². The summed E-state index contributed by atoms with van der Waals surface area (Å²) in [5, 5.41) is 2.60. The predicted octanol–water partition coefficient (Wildman–Crippen LogP) is 2.91. The van der Waals surface area contributed by atoms with Crippen LogP contribution in [0, 0.1) is 11.7 Å². The van der Waals surface area contributed by atoms with Crippen molar-refractivity contribution in [1.82, 2.24) is 5.32 Å². The Labute approximate surface area is 107 Å². The van der Waals surface area contributed by atoms with Gasteiger partial charge in [-0.25, -0.2) is 4.39 Å². The summed E-state index contributed by atoms with van der Waals surface area (Å²) in [6.45, 7) is 0. The van der Waals surface area contributed by atoms with Crippen LogP contribution in [0.4, 0.5) is 17.6 Å². The average Bonchev–Trinajstić information content (AvgIpc) is 2.66. The van der Waals surface area contributed by atoms with E-state index in [1.54, 1.807) is 0 Å². The van der Waals surface area contributed by atoms with Crippen LogP contribution in [0.5, 0.6) is 0 Å². The van der Waals surface area contributed by atoms with Crippen molar-refractivity contribution in [3.05, 3.63) is 41.3 Å². The van der Waals surface area contributed by atoms with Gasteiger partial charge < -0.3 is 5.32 Å². The van der Waals surface area contributed by atoms with Crippen molar-refractivity contribution in [3.8, 4) is 0 Å². The summed E-state index contributed by atoms with van der Waals surface area (Å²) >= 11 is 0. The first kappa shape index (κ1) is 13.6. The zero-order valence-electron chi connectivity index (χ0n) is 10.0. The smallest absolute Gasteiger partial charge is 0.391 e. The maximum atomic E-state index is 13.1. The molecule has 0 amide bonds. The number of allylic oxidation sites excluding steroid dienone is 2. The number of hydrogen-bond donors (Lipinski definition) is 1. The van der Waals surface area contributed by atoms with E-state index in [1.165, 1.54) is 25.2 Å². The summed E-state index contributed by atoms with van der Waals surface area (Å²) in [6.07, 6.45) is -5.01. The third-order valence-corrected chi connectivity index (χ3v) is 3.08. The van der Waals surface area contributed by atoms with Crippen molar-refractivity contribution in [1.29, 1.82) is 0 Å². The van der Waals surface area contributed by atoms with Gasteiger partial charge in [-0.3, -0.25) is 4.79 Å². The van der Waals surface area contributed by atoms with Crippen LogP contribution in [0.25, 0.3) is 5.57 Å². The number of Topliss-reactive ketones (excluding diaryl/α,β-unsaturated/α-hetero) is 1. The molecule has 1 atom stereocenters. The maximum Gasteiger partial charge on any atom is 0.399 e. The molecule has 19 heavy (non-hydrogen) atoms. The minimum Gasteiger partial charge on any atom is -0.391 e. The zero-order valence-corrected chi connectivity index (χ0v) is 10.0. The third kappa shape index (κ3) is 2.47. The van der Waals surface area contributed by atoms with Gasteiger partial charge in [-0.05, 0) is 17.7 Å². The number of benzene rings is 1. The lowest BCUT2D eigenvalue weighted by atomic mass is 9.99. The van der Waals surface area contributed by atoms with Gasteiger partial charge in [0.2, 0.25) is 0 Å². The number of rotatable bonds is 2. The molecule has 0 saturated heterocycles. The second-order valence-corrected chi connectivity index (χ2v) is 4.28. The molecule has 0 aromatic heterocycles. The number of hydrogen-bond acceptors (Lipinski definition) is 2. The van der Waals surface area contributed by atoms with Gasteiger partial charge in [0.15, 0.2) is 5.78 Å². The van der Waals surface area contributed by atoms with Crippen LogP contribution in [0.2, 0.25) is 0 Å². The second-order valence-electron chi connectivity index (χ2n) is 4.28. The van der Waals surface area contributed by atoms with Crippen LogP contribution in [0.3, 0.4) is 0 Å². The second kappa shape index (κ2) is 4.68. The summed E-state index contributed by atoms with van der Waals surface area (Å²) in [7, 11) is 1.45. The lowest BCUT2D eigenvalue weighted by Crippen LogP contribution is -2.27. The molecule has 0 radical (unpaired) electrons. The summed E-state index contributed by atoms with van der Waals surface area (Å²) in [6, 6.07) is 5.01. The Kier molecular flexibility index (Phi) is 3.34. The Balaban J connectivity index is 2.46. The first-order valence-corrected chi connectivity index (χ1v) is 5.62. The Morgan fingerprint density at radius 2 is 2.00 bits per heavy atom. The van der Waals surface area contributed by atoms with Crippen LogP contribution in [0.1, 0.15) is 12.0 Å². The Hall–Kier alpha value is -1.85. The van der Waals surface area contributed by atoms with Gasteiger partial charge in [-0.15, -0.1) is 0 Å². The third-order valence-electron chi connectivity index (χ3n) is 3.08. The molecule has 2 nitrogen and oxygen atoms in total. The van der Waals surface area contributed by atoms with E-state index in [-0.39, 0.29) is 16.8 Å². The lowest BCUT2D eigenvalue weighted by molar-refractivity contribution is -0.176. The highest BCUT2D eigenvalue weighted by Gasteiger charge is 2.50. The van der Waals surface area contributed by atoms with Gasteiger partial charge in [-0.1, -0.05) is 12.1 Å². The van der Waals surface area contributed by atoms with Crippen LogP contribution in [-0.4, -0.2) is 19.0 Å². The topological polar surface area (TPSA) is 29.1 Å². The van der Waals surface area contributed by atoms with Crippen molar-refractivity contribution in [3.63, 3.8) is 0 Å². The van der Waals surface area contributed by atoms with E-state index in [4.69, 9.17) is 0 Å². The molecule has 1 N–H and O–H groups in total. The molecule has 1 aromatic rings. The van der Waals surface area contributed by atoms with Crippen LogP contribution < -0.4 is 5.32 Å². The highest BCUT2D eigenvalue weighted by atomic mass is 19.4. The molecule has 0 heterocycles. The molecule has 0 aliphatic heterocycles. The normalized spacial score (nSPS) is 20.1. The highest BCUT2D eigenvalue weighted by Crippen LogP contribution is 2.42. The average molecular weight is 273 g/mol. The van der Waals surface area contributed by atoms with E-state index >= 15 is 0 Å². The standard InChI is InChI=1S/C13H11F4NO/c1-18-10-6-9(13(15,16)17)12(19)11(10)7-3-2-4-8(14)5-7/h2-5,9,18H,6H2,1H3. The molecule has 1 aromatic carbocycles. The van der Waals surface area contributed by atoms with Crippen LogP contribution in [-0.2, 0) is 4.79 Å². The molecule has 6 heteroatoms. The summed E-state index contributed by atoms with van der Waals surface area (Å²) < 4.78 is 51.4. The molecule has 0 fully saturated rings. The molecule has 1 unspecified atom stereocenters. The van der Waals surface area contributed by atoms with Gasteiger partial charge >= 0.3 is 6.18 Å². The minimum atomic E-state index is -4.59. The molecule has 1 aliphatic carbocycles. The van der Waals surface area contributed by atoms with Crippen molar-refractivity contribution in [2.45, 2.75) is 12.6 Å². The van der Waals surface area contributed by atoms with Gasteiger partial charge in [0.1, 0.15) is 11.7 Å². The SMILES string of the molecule is CNC1=C(c2cccc(F)c2)C(=O)C(C(F)(F)F)C1. The van der Waals surface area contributed by atoms with Gasteiger partial charge in [0.25, 0.3) is 0 Å². The largest absolute Gasteiger partial charge is 0.399 e. The first-order chi connectivity index (χ1) is 8.84. The van der Waals surface area contributed by atoms with E-state index in [9.17, 15) is 22.4 Å². The van der Waals surface area contributed by atoms with E-state index in [0.717, 1.165) is 6.07 Å². The fraction of sp³-hybridized carbons (Fsp3) is 0.308. The Bertz CT molecular complexity index is 548. The van der Waals surface area contributed by atoms with Crippen molar-refractivity contribution in [2.24, 2.45) is 5.92 Å². The van der Waals surface area contributed by atoms with Crippen LogP contribution >= 0.6 is 0 Å². The zero-order chi connectivity index (χ0) is 14.2. The van der Waals surface area contributed by atoms with Crippen molar-refractivity contribution in [2.75, 3.05) is 7.05 Å². The molecule has 0 saturated carbocycles. The fourth-order valence-electron chi connectivity index (χ4n) is 2.17. The molecule has 102 valence electrons. The monoisotopic (exact) mass is 273 g/mol. The highest BCUT2D eigenvalue weighted by molar-refractivity contribution is 6.25. The molecule has 1 aliphatic rings. The quantitative estimate of drug-likeness (QED) is 0.839. The molecule has 2 rings (SSSR count). The van der Waals surface area contributed by atoms with E-state index < -0.39 is 30.1 Å². The number of carbonyl (C=O) groups is 1. The van der Waals surface area contributed by atoms with Gasteiger partial charge in [-0.2, -0.15) is 13.2 Å². The molecular formula is C13H11F4NO. The predicted molar refractivity (Wildman–Crippen MR) is 61.5 cm³/mol. The molecule has 0 bridgehead atoms. The Morgan fingerprint density at radius 1 is 1.32 bits per heavy atom. The number of ketones is 1. The summed E-state index contributed by atoms with van der Waals surface area (Å²) in [5.74, 6) is -3.65. The van der Waals surface area contributed by atoms with E-state index in [2.05, 4.69) is 5.32 Å². The fourth-order valence-corrected chi connectivity index (χ4v) is 2.17. The maximum absolute atomic E-state index is 13.1. The molecule has 0 spiro atoms. The molecular weight excluding hydrogens is 262 g/mol. The lowest BCUT2D eigenvalue weighted by Gasteiger charge is -2.13. The van der Waals surface area contributed by atoms with Gasteiger partial charge in [0, 0.05) is 24.7 Å². The van der Waals surface area contributed by atoms with Crippen molar-refractivity contribution >= 4 is 11.4 Å². The number of nitrogens with one attached hydrogen (secondary N) is 1. The minimum absolute atomic E-state index is 0.0793. The number of halogens is 4. The van der Waals surface area contributed by atoms with E-state index in [0.29, 0.717) is 0 Å². The summed E-state index contributed by atoms with van der Waals surface area (Å²) in [4.78, 5) is 11.9. The van der Waals surface area contributed by atoms with Crippen LogP contribution in [0.15, 0.2) is 30.0 Å². The van der Waals surface area contributed by atoms with E-state index in [1.807, 2.05) is 0 Å². The van der Waals surface area contributed by atoms with Crippen molar-refractivity contribution < 1.29 is 22.4 Å². The number of alkyl halides is 3. The summed E-state index contributed by atoms with van der Waals surface area (Å²) in [5.41, 5.74) is 0.281. The number of carbonyl (C=O) groups excluding carboxylic acids is 1.